The standard InChI is InChI=1S/C17H20ClNO/c1-11-7-12(2)9-13(8-11)17(20)15(10-19)14-5-3-4-6-16(14)18/h3-9,15,17,20H,10,19H2,1-2H3. The molecule has 0 aliphatic carbocycles. The number of hydrogen-bond donors (Lipinski definition) is 2. The van der Waals surface area contributed by atoms with E-state index < -0.39 is 6.10 Å². The van der Waals surface area contributed by atoms with Crippen LogP contribution in [0.3, 0.4) is 0 Å². The molecule has 2 unspecified atom stereocenters. The first-order valence-corrected chi connectivity index (χ1v) is 7.11. The molecule has 106 valence electrons. The Balaban J connectivity index is 2.39. The molecule has 2 aromatic rings. The van der Waals surface area contributed by atoms with Crippen LogP contribution in [-0.2, 0) is 0 Å². The molecule has 0 aliphatic rings. The van der Waals surface area contributed by atoms with Gasteiger partial charge in [0.2, 0.25) is 0 Å². The first-order valence-electron chi connectivity index (χ1n) is 6.73. The number of aryl methyl sites for hydroxylation is 2. The monoisotopic (exact) mass is 289 g/mol. The number of halogens is 1. The Labute approximate surface area is 125 Å². The predicted molar refractivity (Wildman–Crippen MR) is 84.1 cm³/mol. The topological polar surface area (TPSA) is 46.2 Å². The third-order valence-corrected chi connectivity index (χ3v) is 3.87. The van der Waals surface area contributed by atoms with Crippen LogP contribution in [0.15, 0.2) is 42.5 Å². The largest absolute Gasteiger partial charge is 0.388 e. The fourth-order valence-electron chi connectivity index (χ4n) is 2.61. The Morgan fingerprint density at radius 2 is 1.70 bits per heavy atom. The van der Waals surface area contributed by atoms with Gasteiger partial charge in [-0.25, -0.2) is 0 Å². The lowest BCUT2D eigenvalue weighted by Gasteiger charge is -2.24. The summed E-state index contributed by atoms with van der Waals surface area (Å²) in [5.41, 5.74) is 9.91. The Kier molecular flexibility index (Phi) is 4.81. The molecule has 2 rings (SSSR count). The minimum Gasteiger partial charge on any atom is -0.388 e. The van der Waals surface area contributed by atoms with Crippen molar-refractivity contribution < 1.29 is 5.11 Å². The molecule has 0 heterocycles. The third kappa shape index (κ3) is 3.21. The molecule has 3 N–H and O–H groups in total. The van der Waals surface area contributed by atoms with Gasteiger partial charge in [-0.2, -0.15) is 0 Å². The SMILES string of the molecule is Cc1cc(C)cc(C(O)C(CN)c2ccccc2Cl)c1. The van der Waals surface area contributed by atoms with Gasteiger partial charge in [0.15, 0.2) is 0 Å². The van der Waals surface area contributed by atoms with Crippen LogP contribution in [0.25, 0.3) is 0 Å². The molecule has 0 aliphatic heterocycles. The zero-order chi connectivity index (χ0) is 14.7. The van der Waals surface area contributed by atoms with Crippen molar-refractivity contribution in [2.24, 2.45) is 5.73 Å². The molecule has 2 nitrogen and oxygen atoms in total. The predicted octanol–water partition coefficient (Wildman–Crippen LogP) is 3.73. The summed E-state index contributed by atoms with van der Waals surface area (Å²) in [6.45, 7) is 4.39. The van der Waals surface area contributed by atoms with Crippen molar-refractivity contribution in [3.8, 4) is 0 Å². The fraction of sp³-hybridized carbons (Fsp3) is 0.294. The Hall–Kier alpha value is -1.35. The molecule has 2 aromatic carbocycles. The molecule has 0 saturated heterocycles. The molecule has 20 heavy (non-hydrogen) atoms. The number of hydrogen-bond acceptors (Lipinski definition) is 2. The number of rotatable bonds is 4. The highest BCUT2D eigenvalue weighted by Crippen LogP contribution is 2.34. The first-order chi connectivity index (χ1) is 9.52. The number of benzene rings is 2. The zero-order valence-electron chi connectivity index (χ0n) is 11.8. The van der Waals surface area contributed by atoms with Crippen LogP contribution in [0.4, 0.5) is 0 Å². The summed E-state index contributed by atoms with van der Waals surface area (Å²) in [5, 5.41) is 11.3. The number of aliphatic hydroxyl groups is 1. The molecule has 0 fully saturated rings. The average Bonchev–Trinajstić information content (AvgIpc) is 2.40. The van der Waals surface area contributed by atoms with E-state index in [0.717, 1.165) is 22.3 Å². The Morgan fingerprint density at radius 1 is 1.10 bits per heavy atom. The van der Waals surface area contributed by atoms with Gasteiger partial charge in [0.05, 0.1) is 6.10 Å². The molecule has 0 aromatic heterocycles. The Morgan fingerprint density at radius 3 is 2.25 bits per heavy atom. The summed E-state index contributed by atoms with van der Waals surface area (Å²) in [5.74, 6) is -0.204. The van der Waals surface area contributed by atoms with E-state index in [2.05, 4.69) is 6.07 Å². The van der Waals surface area contributed by atoms with Crippen molar-refractivity contribution in [2.45, 2.75) is 25.9 Å². The summed E-state index contributed by atoms with van der Waals surface area (Å²) in [6, 6.07) is 13.6. The first kappa shape index (κ1) is 15.0. The van der Waals surface area contributed by atoms with Crippen LogP contribution >= 0.6 is 11.6 Å². The van der Waals surface area contributed by atoms with Gasteiger partial charge in [0.25, 0.3) is 0 Å². The molecule has 0 bridgehead atoms. The maximum atomic E-state index is 10.7. The third-order valence-electron chi connectivity index (χ3n) is 3.53. The van der Waals surface area contributed by atoms with E-state index in [1.54, 1.807) is 0 Å². The number of nitrogens with two attached hydrogens (primary N) is 1. The van der Waals surface area contributed by atoms with Crippen LogP contribution in [0, 0.1) is 13.8 Å². The minimum absolute atomic E-state index is 0.204. The quantitative estimate of drug-likeness (QED) is 0.901. The van der Waals surface area contributed by atoms with Crippen LogP contribution in [0.5, 0.6) is 0 Å². The lowest BCUT2D eigenvalue weighted by Crippen LogP contribution is -2.20. The second-order valence-corrected chi connectivity index (χ2v) is 5.64. The lowest BCUT2D eigenvalue weighted by molar-refractivity contribution is 0.147. The molecule has 2 atom stereocenters. The molecular weight excluding hydrogens is 270 g/mol. The smallest absolute Gasteiger partial charge is 0.0871 e. The van der Waals surface area contributed by atoms with Gasteiger partial charge >= 0.3 is 0 Å². The summed E-state index contributed by atoms with van der Waals surface area (Å²) < 4.78 is 0. The van der Waals surface area contributed by atoms with Crippen molar-refractivity contribution >= 4 is 11.6 Å². The van der Waals surface area contributed by atoms with Crippen molar-refractivity contribution in [1.82, 2.24) is 0 Å². The Bertz CT molecular complexity index is 577. The van der Waals surface area contributed by atoms with E-state index in [-0.39, 0.29) is 5.92 Å². The van der Waals surface area contributed by atoms with Gasteiger partial charge in [-0.1, -0.05) is 59.1 Å². The molecule has 0 saturated carbocycles. The van der Waals surface area contributed by atoms with Gasteiger partial charge in [0, 0.05) is 17.5 Å². The highest BCUT2D eigenvalue weighted by molar-refractivity contribution is 6.31. The maximum Gasteiger partial charge on any atom is 0.0871 e. The summed E-state index contributed by atoms with van der Waals surface area (Å²) >= 11 is 6.23. The summed E-state index contributed by atoms with van der Waals surface area (Å²) in [4.78, 5) is 0. The minimum atomic E-state index is -0.654. The highest BCUT2D eigenvalue weighted by atomic mass is 35.5. The van der Waals surface area contributed by atoms with Gasteiger partial charge in [-0.15, -0.1) is 0 Å². The van der Waals surface area contributed by atoms with Gasteiger partial charge in [-0.3, -0.25) is 0 Å². The van der Waals surface area contributed by atoms with Crippen LogP contribution in [0.1, 0.15) is 34.3 Å². The van der Waals surface area contributed by atoms with Crippen molar-refractivity contribution in [3.63, 3.8) is 0 Å². The number of aliphatic hydroxyl groups excluding tert-OH is 1. The molecule has 3 heteroatoms. The van der Waals surface area contributed by atoms with E-state index in [1.807, 2.05) is 50.2 Å². The maximum absolute atomic E-state index is 10.7. The van der Waals surface area contributed by atoms with E-state index in [4.69, 9.17) is 17.3 Å². The summed E-state index contributed by atoms with van der Waals surface area (Å²) in [6.07, 6.45) is -0.654. The van der Waals surface area contributed by atoms with E-state index in [9.17, 15) is 5.11 Å². The fourth-order valence-corrected chi connectivity index (χ4v) is 2.89. The van der Waals surface area contributed by atoms with E-state index >= 15 is 0 Å². The average molecular weight is 290 g/mol. The van der Waals surface area contributed by atoms with Crippen LogP contribution < -0.4 is 5.73 Å². The summed E-state index contributed by atoms with van der Waals surface area (Å²) in [7, 11) is 0. The normalized spacial score (nSPS) is 14.1. The highest BCUT2D eigenvalue weighted by Gasteiger charge is 2.23. The second kappa shape index (κ2) is 6.40. The van der Waals surface area contributed by atoms with Crippen LogP contribution in [-0.4, -0.2) is 11.7 Å². The van der Waals surface area contributed by atoms with Crippen molar-refractivity contribution in [1.29, 1.82) is 0 Å². The van der Waals surface area contributed by atoms with Crippen molar-refractivity contribution in [2.75, 3.05) is 6.54 Å². The molecule has 0 spiro atoms. The van der Waals surface area contributed by atoms with Gasteiger partial charge in [-0.05, 0) is 31.0 Å². The molecule has 0 amide bonds. The lowest BCUT2D eigenvalue weighted by atomic mass is 9.88. The zero-order valence-corrected chi connectivity index (χ0v) is 12.6. The molecular formula is C17H20ClNO. The van der Waals surface area contributed by atoms with Gasteiger partial charge < -0.3 is 10.8 Å². The van der Waals surface area contributed by atoms with E-state index in [1.165, 1.54) is 0 Å². The van der Waals surface area contributed by atoms with Crippen molar-refractivity contribution in [3.05, 3.63) is 69.7 Å². The second-order valence-electron chi connectivity index (χ2n) is 5.23. The molecule has 0 radical (unpaired) electrons. The van der Waals surface area contributed by atoms with Gasteiger partial charge in [0.1, 0.15) is 0 Å². The van der Waals surface area contributed by atoms with Crippen LogP contribution in [0.2, 0.25) is 5.02 Å². The van der Waals surface area contributed by atoms with E-state index in [0.29, 0.717) is 11.6 Å².